The zero-order valence-corrected chi connectivity index (χ0v) is 11.2. The van der Waals surface area contributed by atoms with Crippen LogP contribution in [-0.2, 0) is 6.18 Å². The van der Waals surface area contributed by atoms with Gasteiger partial charge in [-0.1, -0.05) is 26.1 Å². The molecule has 0 saturated carbocycles. The molecular formula is C11H16F3N3S. The standard InChI is InChI=1S/C9H10F3N3S.C2H6/c1-15(14)8(16)6-3-2-5(4-7(6)13)9(10,11)12;1-2/h2-4H,13-14H2,1H3;1-2H3. The predicted octanol–water partition coefficient (Wildman–Crippen LogP) is 2.79. The minimum absolute atomic E-state index is 0.0443. The first-order valence-corrected chi connectivity index (χ1v) is 5.64. The number of nitrogens with two attached hydrogens (primary N) is 2. The van der Waals surface area contributed by atoms with Gasteiger partial charge in [0, 0.05) is 18.3 Å². The number of benzene rings is 1. The van der Waals surface area contributed by atoms with Crippen LogP contribution in [0.3, 0.4) is 0 Å². The molecule has 4 N–H and O–H groups in total. The van der Waals surface area contributed by atoms with E-state index in [1.807, 2.05) is 13.8 Å². The lowest BCUT2D eigenvalue weighted by Crippen LogP contribution is -2.32. The lowest BCUT2D eigenvalue weighted by atomic mass is 10.1. The highest BCUT2D eigenvalue weighted by molar-refractivity contribution is 7.80. The Labute approximate surface area is 110 Å². The molecule has 0 spiro atoms. The largest absolute Gasteiger partial charge is 0.416 e. The van der Waals surface area contributed by atoms with Crippen molar-refractivity contribution in [2.75, 3.05) is 12.8 Å². The number of nitrogen functional groups attached to an aromatic ring is 1. The maximum atomic E-state index is 12.3. The van der Waals surface area contributed by atoms with Gasteiger partial charge in [-0.15, -0.1) is 0 Å². The lowest BCUT2D eigenvalue weighted by Gasteiger charge is -2.16. The average Bonchev–Trinajstić information content (AvgIpc) is 2.29. The quantitative estimate of drug-likeness (QED) is 0.359. The Morgan fingerprint density at radius 1 is 1.28 bits per heavy atom. The highest BCUT2D eigenvalue weighted by atomic mass is 32.1. The van der Waals surface area contributed by atoms with Crippen LogP contribution < -0.4 is 11.6 Å². The van der Waals surface area contributed by atoms with Gasteiger partial charge < -0.3 is 10.7 Å². The highest BCUT2D eigenvalue weighted by Crippen LogP contribution is 2.31. The molecule has 102 valence electrons. The molecule has 0 aliphatic rings. The fourth-order valence-corrected chi connectivity index (χ4v) is 1.31. The van der Waals surface area contributed by atoms with Crippen LogP contribution in [0.4, 0.5) is 18.9 Å². The fraction of sp³-hybridized carbons (Fsp3) is 0.364. The van der Waals surface area contributed by atoms with Crippen LogP contribution in [0, 0.1) is 0 Å². The normalized spacial score (nSPS) is 10.4. The maximum absolute atomic E-state index is 12.3. The Balaban J connectivity index is 0.00000137. The van der Waals surface area contributed by atoms with Crippen LogP contribution in [0.25, 0.3) is 0 Å². The van der Waals surface area contributed by atoms with Crippen LogP contribution in [0.5, 0.6) is 0 Å². The van der Waals surface area contributed by atoms with Gasteiger partial charge in [-0.05, 0) is 18.2 Å². The number of rotatable bonds is 1. The van der Waals surface area contributed by atoms with E-state index in [0.717, 1.165) is 17.1 Å². The van der Waals surface area contributed by atoms with E-state index in [-0.39, 0.29) is 10.7 Å². The first kappa shape index (κ1) is 16.7. The SMILES string of the molecule is CC.CN(N)C(=S)c1ccc(C(F)(F)F)cc1N. The topological polar surface area (TPSA) is 55.3 Å². The Bertz CT molecular complexity index is 416. The molecular weight excluding hydrogens is 263 g/mol. The molecule has 0 aromatic heterocycles. The molecule has 1 aromatic carbocycles. The predicted molar refractivity (Wildman–Crippen MR) is 70.9 cm³/mol. The van der Waals surface area contributed by atoms with Crippen molar-refractivity contribution in [3.05, 3.63) is 29.3 Å². The third-order valence-corrected chi connectivity index (χ3v) is 2.44. The van der Waals surface area contributed by atoms with E-state index in [9.17, 15) is 13.2 Å². The molecule has 0 saturated heterocycles. The van der Waals surface area contributed by atoms with Crippen molar-refractivity contribution in [3.63, 3.8) is 0 Å². The van der Waals surface area contributed by atoms with Gasteiger partial charge in [0.15, 0.2) is 0 Å². The summed E-state index contributed by atoms with van der Waals surface area (Å²) in [7, 11) is 1.49. The second-order valence-electron chi connectivity index (χ2n) is 3.22. The molecule has 0 aliphatic heterocycles. The van der Waals surface area contributed by atoms with E-state index in [0.29, 0.717) is 5.56 Å². The molecule has 18 heavy (non-hydrogen) atoms. The average molecular weight is 279 g/mol. The van der Waals surface area contributed by atoms with Crippen LogP contribution in [-0.4, -0.2) is 17.0 Å². The molecule has 0 bridgehead atoms. The van der Waals surface area contributed by atoms with Crippen molar-refractivity contribution in [3.8, 4) is 0 Å². The van der Waals surface area contributed by atoms with Gasteiger partial charge in [0.2, 0.25) is 0 Å². The minimum Gasteiger partial charge on any atom is -0.398 e. The van der Waals surface area contributed by atoms with Gasteiger partial charge in [-0.2, -0.15) is 13.2 Å². The van der Waals surface area contributed by atoms with Gasteiger partial charge in [-0.25, -0.2) is 5.84 Å². The van der Waals surface area contributed by atoms with Crippen molar-refractivity contribution in [1.29, 1.82) is 0 Å². The molecule has 0 aliphatic carbocycles. The summed E-state index contributed by atoms with van der Waals surface area (Å²) in [5.74, 6) is 5.38. The van der Waals surface area contributed by atoms with Crippen LogP contribution in [0.1, 0.15) is 25.0 Å². The van der Waals surface area contributed by atoms with E-state index in [1.165, 1.54) is 13.1 Å². The number of halogens is 3. The zero-order valence-electron chi connectivity index (χ0n) is 10.4. The number of nitrogens with zero attached hydrogens (tertiary/aromatic N) is 1. The molecule has 3 nitrogen and oxygen atoms in total. The monoisotopic (exact) mass is 279 g/mol. The molecule has 0 amide bonds. The molecule has 1 rings (SSSR count). The number of hydrogen-bond acceptors (Lipinski definition) is 3. The molecule has 1 aromatic rings. The summed E-state index contributed by atoms with van der Waals surface area (Å²) < 4.78 is 37.0. The van der Waals surface area contributed by atoms with Gasteiger partial charge in [0.05, 0.1) is 5.56 Å². The summed E-state index contributed by atoms with van der Waals surface area (Å²) in [6.07, 6.45) is -4.41. The van der Waals surface area contributed by atoms with Crippen molar-refractivity contribution in [2.24, 2.45) is 5.84 Å². The Kier molecular flexibility index (Phi) is 6.07. The molecule has 0 heterocycles. The summed E-state index contributed by atoms with van der Waals surface area (Å²) >= 11 is 4.91. The summed E-state index contributed by atoms with van der Waals surface area (Å²) in [5.41, 5.74) is 4.95. The Morgan fingerprint density at radius 3 is 2.11 bits per heavy atom. The smallest absolute Gasteiger partial charge is 0.398 e. The van der Waals surface area contributed by atoms with Crippen molar-refractivity contribution < 1.29 is 13.2 Å². The Hall–Kier alpha value is -1.34. The summed E-state index contributed by atoms with van der Waals surface area (Å²) in [6.45, 7) is 4.00. The van der Waals surface area contributed by atoms with Gasteiger partial charge in [0.1, 0.15) is 4.99 Å². The minimum atomic E-state index is -4.41. The van der Waals surface area contributed by atoms with Gasteiger partial charge in [0.25, 0.3) is 0 Å². The van der Waals surface area contributed by atoms with Gasteiger partial charge >= 0.3 is 6.18 Å². The first-order chi connectivity index (χ1) is 8.23. The Morgan fingerprint density at radius 2 is 1.78 bits per heavy atom. The highest BCUT2D eigenvalue weighted by Gasteiger charge is 2.31. The fourth-order valence-electron chi connectivity index (χ4n) is 1.12. The van der Waals surface area contributed by atoms with Crippen LogP contribution in [0.15, 0.2) is 18.2 Å². The van der Waals surface area contributed by atoms with E-state index in [1.54, 1.807) is 0 Å². The third kappa shape index (κ3) is 4.15. The van der Waals surface area contributed by atoms with Crippen molar-refractivity contribution in [2.45, 2.75) is 20.0 Å². The number of hydrogen-bond donors (Lipinski definition) is 2. The van der Waals surface area contributed by atoms with Crippen LogP contribution >= 0.6 is 12.2 Å². The van der Waals surface area contributed by atoms with Crippen LogP contribution in [0.2, 0.25) is 0 Å². The van der Waals surface area contributed by atoms with E-state index in [4.69, 9.17) is 23.8 Å². The molecule has 0 unspecified atom stereocenters. The van der Waals surface area contributed by atoms with Gasteiger partial charge in [-0.3, -0.25) is 0 Å². The molecule has 0 fully saturated rings. The van der Waals surface area contributed by atoms with E-state index >= 15 is 0 Å². The summed E-state index contributed by atoms with van der Waals surface area (Å²) in [4.78, 5) is 0.186. The number of alkyl halides is 3. The second-order valence-corrected chi connectivity index (χ2v) is 3.60. The zero-order chi connectivity index (χ0) is 14.5. The first-order valence-electron chi connectivity index (χ1n) is 5.23. The third-order valence-electron chi connectivity index (χ3n) is 1.93. The van der Waals surface area contributed by atoms with E-state index in [2.05, 4.69) is 0 Å². The summed E-state index contributed by atoms with van der Waals surface area (Å²) in [5, 5.41) is 1.12. The maximum Gasteiger partial charge on any atom is 0.416 e. The number of anilines is 1. The van der Waals surface area contributed by atoms with Crippen molar-refractivity contribution in [1.82, 2.24) is 5.01 Å². The second kappa shape index (κ2) is 6.55. The summed E-state index contributed by atoms with van der Waals surface area (Å²) in [6, 6.07) is 2.97. The molecule has 0 radical (unpaired) electrons. The molecule has 7 heteroatoms. The number of hydrazine groups is 1. The number of thiocarbonyl (C=S) groups is 1. The molecule has 0 atom stereocenters. The van der Waals surface area contributed by atoms with E-state index < -0.39 is 11.7 Å². The van der Waals surface area contributed by atoms with Crippen molar-refractivity contribution >= 4 is 22.9 Å². The lowest BCUT2D eigenvalue weighted by molar-refractivity contribution is -0.137.